The SMILES string of the molecule is CCCCCC(CCN1CCNC1=O)[Si]C(OCCC)OCCC. The summed E-state index contributed by atoms with van der Waals surface area (Å²) >= 11 is 0. The van der Waals surface area contributed by atoms with Gasteiger partial charge < -0.3 is 19.7 Å². The van der Waals surface area contributed by atoms with Crippen LogP contribution in [0.2, 0.25) is 5.54 Å². The molecule has 1 atom stereocenters. The van der Waals surface area contributed by atoms with E-state index in [9.17, 15) is 4.79 Å². The highest BCUT2D eigenvalue weighted by molar-refractivity contribution is 6.38. The van der Waals surface area contributed by atoms with Crippen molar-refractivity contribution < 1.29 is 14.3 Å². The Labute approximate surface area is 150 Å². The predicted octanol–water partition coefficient (Wildman–Crippen LogP) is 3.61. The fourth-order valence-corrected chi connectivity index (χ4v) is 4.25. The van der Waals surface area contributed by atoms with Crippen molar-refractivity contribution in [2.75, 3.05) is 32.8 Å². The summed E-state index contributed by atoms with van der Waals surface area (Å²) in [5.74, 6) is -0.0658. The monoisotopic (exact) mass is 356 g/mol. The van der Waals surface area contributed by atoms with Gasteiger partial charge in [0.1, 0.15) is 15.4 Å². The van der Waals surface area contributed by atoms with Crippen LogP contribution in [0.3, 0.4) is 0 Å². The average Bonchev–Trinajstić information content (AvgIpc) is 2.99. The minimum atomic E-state index is -0.0658. The summed E-state index contributed by atoms with van der Waals surface area (Å²) in [5.41, 5.74) is 0.587. The number of hydrogen-bond donors (Lipinski definition) is 1. The first-order valence-corrected chi connectivity index (χ1v) is 10.9. The Bertz CT molecular complexity index is 323. The average molecular weight is 357 g/mol. The lowest BCUT2D eigenvalue weighted by atomic mass is 10.1. The Kier molecular flexibility index (Phi) is 12.2. The first-order chi connectivity index (χ1) is 11.7. The second-order valence-electron chi connectivity index (χ2n) is 6.44. The van der Waals surface area contributed by atoms with Crippen molar-refractivity contribution in [1.29, 1.82) is 0 Å². The zero-order valence-electron chi connectivity index (χ0n) is 15.8. The van der Waals surface area contributed by atoms with E-state index in [4.69, 9.17) is 9.47 Å². The lowest BCUT2D eigenvalue weighted by Crippen LogP contribution is -2.33. The summed E-state index contributed by atoms with van der Waals surface area (Å²) in [6, 6.07) is 0.0895. The van der Waals surface area contributed by atoms with Gasteiger partial charge in [-0.3, -0.25) is 0 Å². The van der Waals surface area contributed by atoms with Crippen LogP contribution in [0.5, 0.6) is 0 Å². The first kappa shape index (κ1) is 21.4. The number of carbonyl (C=O) groups excluding carboxylic acids is 1. The molecule has 1 N–H and O–H groups in total. The predicted molar refractivity (Wildman–Crippen MR) is 99.5 cm³/mol. The molecule has 1 heterocycles. The minimum absolute atomic E-state index is 0.0658. The zero-order chi connectivity index (χ0) is 17.6. The van der Waals surface area contributed by atoms with Gasteiger partial charge in [0.05, 0.1) is 0 Å². The fraction of sp³-hybridized carbons (Fsp3) is 0.944. The number of urea groups is 1. The molecule has 6 heteroatoms. The lowest BCUT2D eigenvalue weighted by molar-refractivity contribution is -0.0912. The Morgan fingerprint density at radius 3 is 2.33 bits per heavy atom. The third-order valence-electron chi connectivity index (χ3n) is 4.17. The van der Waals surface area contributed by atoms with Crippen molar-refractivity contribution in [3.05, 3.63) is 0 Å². The van der Waals surface area contributed by atoms with Gasteiger partial charge in [0.15, 0.2) is 0 Å². The second kappa shape index (κ2) is 13.7. The Morgan fingerprint density at radius 1 is 1.08 bits per heavy atom. The Balaban J connectivity index is 2.48. The highest BCUT2D eigenvalue weighted by Gasteiger charge is 2.23. The third kappa shape index (κ3) is 9.04. The van der Waals surface area contributed by atoms with Crippen LogP contribution in [-0.2, 0) is 9.47 Å². The summed E-state index contributed by atoms with van der Waals surface area (Å²) in [6.45, 7) is 10.5. The molecule has 2 amide bonds. The molecule has 24 heavy (non-hydrogen) atoms. The van der Waals surface area contributed by atoms with Crippen LogP contribution >= 0.6 is 0 Å². The molecule has 0 spiro atoms. The molecule has 0 aliphatic carbocycles. The number of unbranched alkanes of at least 4 members (excludes halogenated alkanes) is 2. The summed E-state index contributed by atoms with van der Waals surface area (Å²) < 4.78 is 11.8. The summed E-state index contributed by atoms with van der Waals surface area (Å²) in [7, 11) is 0.658. The van der Waals surface area contributed by atoms with Crippen molar-refractivity contribution in [1.82, 2.24) is 10.2 Å². The number of hydrogen-bond acceptors (Lipinski definition) is 3. The van der Waals surface area contributed by atoms with Crippen molar-refractivity contribution in [2.45, 2.75) is 77.2 Å². The molecule has 1 fully saturated rings. The van der Waals surface area contributed by atoms with Crippen molar-refractivity contribution >= 4 is 15.6 Å². The molecule has 0 aromatic heterocycles. The smallest absolute Gasteiger partial charge is 0.317 e. The van der Waals surface area contributed by atoms with Crippen molar-refractivity contribution in [2.24, 2.45) is 0 Å². The van der Waals surface area contributed by atoms with E-state index in [2.05, 4.69) is 26.1 Å². The minimum Gasteiger partial charge on any atom is -0.357 e. The van der Waals surface area contributed by atoms with Crippen LogP contribution in [0, 0.1) is 0 Å². The van der Waals surface area contributed by atoms with Gasteiger partial charge in [0.2, 0.25) is 0 Å². The van der Waals surface area contributed by atoms with Gasteiger partial charge in [-0.1, -0.05) is 46.5 Å². The van der Waals surface area contributed by atoms with Crippen molar-refractivity contribution in [3.8, 4) is 0 Å². The van der Waals surface area contributed by atoms with Crippen LogP contribution in [0.4, 0.5) is 4.79 Å². The topological polar surface area (TPSA) is 50.8 Å². The first-order valence-electron chi connectivity index (χ1n) is 9.73. The Hall–Kier alpha value is -0.593. The number of carbonyl (C=O) groups is 1. The summed E-state index contributed by atoms with van der Waals surface area (Å²) in [4.78, 5) is 13.7. The molecule has 2 radical (unpaired) electrons. The van der Waals surface area contributed by atoms with Crippen LogP contribution in [0.1, 0.15) is 65.7 Å². The molecule has 0 bridgehead atoms. The van der Waals surface area contributed by atoms with Crippen LogP contribution in [-0.4, -0.2) is 59.2 Å². The van der Waals surface area contributed by atoms with Gasteiger partial charge in [0, 0.05) is 32.8 Å². The maximum absolute atomic E-state index is 11.7. The lowest BCUT2D eigenvalue weighted by Gasteiger charge is -2.25. The number of rotatable bonds is 15. The van der Waals surface area contributed by atoms with Crippen LogP contribution in [0.15, 0.2) is 0 Å². The van der Waals surface area contributed by atoms with E-state index in [1.54, 1.807) is 0 Å². The van der Waals surface area contributed by atoms with Crippen LogP contribution in [0.25, 0.3) is 0 Å². The summed E-state index contributed by atoms with van der Waals surface area (Å²) in [6.07, 6.45) is 8.08. The molecular formula is C18H36N2O3Si. The molecule has 5 nitrogen and oxygen atoms in total. The third-order valence-corrected chi connectivity index (χ3v) is 5.82. The van der Waals surface area contributed by atoms with Gasteiger partial charge in [-0.25, -0.2) is 4.79 Å². The van der Waals surface area contributed by atoms with E-state index in [0.29, 0.717) is 15.1 Å². The molecule has 1 aliphatic heterocycles. The van der Waals surface area contributed by atoms with E-state index in [1.807, 2.05) is 4.90 Å². The highest BCUT2D eigenvalue weighted by Crippen LogP contribution is 2.22. The standard InChI is InChI=1S/C18H36N2O3Si/c1-4-7-8-9-16(10-12-20-13-11-19-17(20)21)24-18(22-14-5-2)23-15-6-3/h16,18H,4-15H2,1-3H3,(H,19,21). The van der Waals surface area contributed by atoms with Gasteiger partial charge in [-0.05, 0) is 24.8 Å². The number of nitrogens with one attached hydrogen (secondary N) is 1. The second-order valence-corrected chi connectivity index (χ2v) is 8.06. The van der Waals surface area contributed by atoms with Crippen molar-refractivity contribution in [3.63, 3.8) is 0 Å². The van der Waals surface area contributed by atoms with E-state index in [-0.39, 0.29) is 11.9 Å². The van der Waals surface area contributed by atoms with Gasteiger partial charge >= 0.3 is 6.03 Å². The van der Waals surface area contributed by atoms with Gasteiger partial charge in [-0.15, -0.1) is 0 Å². The molecule has 0 saturated carbocycles. The molecule has 0 aromatic rings. The quantitative estimate of drug-likeness (QED) is 0.277. The number of nitrogens with zero attached hydrogens (tertiary/aromatic N) is 1. The normalized spacial score (nSPS) is 16.0. The molecule has 140 valence electrons. The molecule has 1 rings (SSSR count). The number of ether oxygens (including phenoxy) is 2. The zero-order valence-corrected chi connectivity index (χ0v) is 16.8. The van der Waals surface area contributed by atoms with E-state index in [1.165, 1.54) is 25.7 Å². The highest BCUT2D eigenvalue weighted by atomic mass is 28.2. The maximum Gasteiger partial charge on any atom is 0.317 e. The molecule has 0 aromatic carbocycles. The largest absolute Gasteiger partial charge is 0.357 e. The Morgan fingerprint density at radius 2 is 1.79 bits per heavy atom. The van der Waals surface area contributed by atoms with E-state index < -0.39 is 0 Å². The summed E-state index contributed by atoms with van der Waals surface area (Å²) in [5, 5.41) is 2.88. The van der Waals surface area contributed by atoms with Gasteiger partial charge in [0.25, 0.3) is 0 Å². The molecule has 1 unspecified atom stereocenters. The fourth-order valence-electron chi connectivity index (χ4n) is 2.77. The molecule has 1 saturated heterocycles. The number of amides is 2. The molecule has 1 aliphatic rings. The molecular weight excluding hydrogens is 320 g/mol. The van der Waals surface area contributed by atoms with E-state index in [0.717, 1.165) is 52.1 Å². The van der Waals surface area contributed by atoms with E-state index >= 15 is 0 Å². The van der Waals surface area contributed by atoms with Crippen LogP contribution < -0.4 is 5.32 Å². The van der Waals surface area contributed by atoms with Gasteiger partial charge in [-0.2, -0.15) is 0 Å². The maximum atomic E-state index is 11.7.